The zero-order valence-electron chi connectivity index (χ0n) is 7.83. The molecule has 0 aliphatic heterocycles. The third-order valence-corrected chi connectivity index (χ3v) is 2.26. The summed E-state index contributed by atoms with van der Waals surface area (Å²) in [5.41, 5.74) is 8.54. The molecule has 0 radical (unpaired) electrons. The van der Waals surface area contributed by atoms with Crippen LogP contribution in [0.3, 0.4) is 0 Å². The molecule has 0 aromatic carbocycles. The summed E-state index contributed by atoms with van der Waals surface area (Å²) in [6, 6.07) is 0. The Bertz CT molecular complexity index is 430. The van der Waals surface area contributed by atoms with Gasteiger partial charge in [-0.25, -0.2) is 4.98 Å². The maximum Gasteiger partial charge on any atom is 0.147 e. The molecule has 0 atom stereocenters. The highest BCUT2D eigenvalue weighted by Gasteiger charge is 2.14. The molecule has 0 bridgehead atoms. The van der Waals surface area contributed by atoms with Crippen molar-refractivity contribution in [3.05, 3.63) is 23.8 Å². The smallest absolute Gasteiger partial charge is 0.147 e. The fourth-order valence-corrected chi connectivity index (χ4v) is 1.49. The van der Waals surface area contributed by atoms with E-state index in [0.717, 1.165) is 17.0 Å². The summed E-state index contributed by atoms with van der Waals surface area (Å²) in [5, 5.41) is 9.82. The number of imidazole rings is 1. The fourth-order valence-electron chi connectivity index (χ4n) is 1.49. The molecular formula is C9H12N4O. The van der Waals surface area contributed by atoms with Crippen molar-refractivity contribution in [2.75, 3.05) is 0 Å². The van der Waals surface area contributed by atoms with Crippen LogP contribution in [0.4, 0.5) is 0 Å². The highest BCUT2D eigenvalue weighted by Crippen LogP contribution is 2.32. The molecule has 2 aromatic heterocycles. The van der Waals surface area contributed by atoms with Gasteiger partial charge in [0, 0.05) is 17.8 Å². The molecule has 0 spiro atoms. The van der Waals surface area contributed by atoms with E-state index in [0.29, 0.717) is 12.2 Å². The quantitative estimate of drug-likeness (QED) is 0.569. The molecule has 0 unspecified atom stereocenters. The van der Waals surface area contributed by atoms with E-state index in [1.807, 2.05) is 6.92 Å². The van der Waals surface area contributed by atoms with Gasteiger partial charge in [-0.3, -0.25) is 0 Å². The van der Waals surface area contributed by atoms with Crippen molar-refractivity contribution in [2.45, 2.75) is 13.5 Å². The Balaban J connectivity index is 2.55. The summed E-state index contributed by atoms with van der Waals surface area (Å²) >= 11 is 0. The molecule has 5 nitrogen and oxygen atoms in total. The van der Waals surface area contributed by atoms with Gasteiger partial charge in [-0.15, -0.1) is 0 Å². The number of nitrogens with zero attached hydrogens (tertiary/aromatic N) is 1. The molecule has 2 heterocycles. The molecule has 0 aliphatic rings. The van der Waals surface area contributed by atoms with E-state index in [2.05, 4.69) is 15.0 Å². The minimum absolute atomic E-state index is 0.203. The van der Waals surface area contributed by atoms with Crippen LogP contribution in [0.2, 0.25) is 0 Å². The monoisotopic (exact) mass is 192 g/mol. The summed E-state index contributed by atoms with van der Waals surface area (Å²) in [5.74, 6) is 0.203. The second kappa shape index (κ2) is 3.19. The van der Waals surface area contributed by atoms with Crippen LogP contribution in [0, 0.1) is 6.92 Å². The van der Waals surface area contributed by atoms with Crippen molar-refractivity contribution in [2.24, 2.45) is 5.73 Å². The van der Waals surface area contributed by atoms with Gasteiger partial charge >= 0.3 is 0 Å². The van der Waals surface area contributed by atoms with Crippen LogP contribution in [0.5, 0.6) is 5.75 Å². The molecule has 2 rings (SSSR count). The maximum absolute atomic E-state index is 9.82. The van der Waals surface area contributed by atoms with Gasteiger partial charge in [0.05, 0.1) is 18.2 Å². The van der Waals surface area contributed by atoms with Crippen LogP contribution in [0.15, 0.2) is 12.5 Å². The zero-order valence-corrected chi connectivity index (χ0v) is 7.83. The van der Waals surface area contributed by atoms with Crippen molar-refractivity contribution in [1.29, 1.82) is 0 Å². The van der Waals surface area contributed by atoms with Gasteiger partial charge in [-0.1, -0.05) is 0 Å². The Labute approximate surface area is 81.0 Å². The van der Waals surface area contributed by atoms with Crippen molar-refractivity contribution < 1.29 is 5.11 Å². The molecule has 5 heteroatoms. The molecule has 0 amide bonds. The Kier molecular flexibility index (Phi) is 2.01. The predicted octanol–water partition coefficient (Wildman–Crippen LogP) is 0.878. The Morgan fingerprint density at radius 1 is 1.57 bits per heavy atom. The Hall–Kier alpha value is -1.75. The number of rotatable bonds is 2. The van der Waals surface area contributed by atoms with Crippen molar-refractivity contribution >= 4 is 0 Å². The van der Waals surface area contributed by atoms with Crippen LogP contribution >= 0.6 is 0 Å². The van der Waals surface area contributed by atoms with Crippen molar-refractivity contribution in [1.82, 2.24) is 15.0 Å². The van der Waals surface area contributed by atoms with Gasteiger partial charge in [0.2, 0.25) is 0 Å². The van der Waals surface area contributed by atoms with E-state index in [-0.39, 0.29) is 5.75 Å². The first kappa shape index (κ1) is 8.83. The molecule has 0 fully saturated rings. The first-order valence-electron chi connectivity index (χ1n) is 4.33. The highest BCUT2D eigenvalue weighted by molar-refractivity contribution is 5.66. The third-order valence-electron chi connectivity index (χ3n) is 2.26. The van der Waals surface area contributed by atoms with Crippen LogP contribution in [0.1, 0.15) is 11.3 Å². The summed E-state index contributed by atoms with van der Waals surface area (Å²) in [6.45, 7) is 2.20. The summed E-state index contributed by atoms with van der Waals surface area (Å²) in [6.07, 6.45) is 3.21. The van der Waals surface area contributed by atoms with Gasteiger partial charge in [-0.05, 0) is 6.92 Å². The van der Waals surface area contributed by atoms with Gasteiger partial charge in [0.1, 0.15) is 11.4 Å². The fraction of sp³-hybridized carbons (Fsp3) is 0.222. The number of hydrogen-bond donors (Lipinski definition) is 4. The number of aromatic hydroxyl groups is 1. The van der Waals surface area contributed by atoms with Gasteiger partial charge in [-0.2, -0.15) is 0 Å². The number of aromatic nitrogens is 3. The highest BCUT2D eigenvalue weighted by atomic mass is 16.3. The van der Waals surface area contributed by atoms with Crippen LogP contribution < -0.4 is 5.73 Å². The molecule has 0 saturated carbocycles. The minimum atomic E-state index is 0.203. The van der Waals surface area contributed by atoms with Crippen molar-refractivity contribution in [3.63, 3.8) is 0 Å². The van der Waals surface area contributed by atoms with Gasteiger partial charge < -0.3 is 20.8 Å². The SMILES string of the molecule is Cc1[nH]c(-c2cnc[nH]2)c(O)c1CN. The lowest BCUT2D eigenvalue weighted by molar-refractivity contribution is 0.471. The summed E-state index contributed by atoms with van der Waals surface area (Å²) in [4.78, 5) is 9.87. The normalized spacial score (nSPS) is 10.7. The summed E-state index contributed by atoms with van der Waals surface area (Å²) in [7, 11) is 0. The number of nitrogens with two attached hydrogens (primary N) is 1. The van der Waals surface area contributed by atoms with Crippen LogP contribution in [-0.4, -0.2) is 20.1 Å². The van der Waals surface area contributed by atoms with E-state index in [4.69, 9.17) is 5.73 Å². The lowest BCUT2D eigenvalue weighted by Crippen LogP contribution is -1.96. The van der Waals surface area contributed by atoms with Crippen LogP contribution in [0.25, 0.3) is 11.4 Å². The number of aromatic amines is 2. The van der Waals surface area contributed by atoms with E-state index in [1.54, 1.807) is 12.5 Å². The number of nitrogens with one attached hydrogen (secondary N) is 2. The van der Waals surface area contributed by atoms with E-state index >= 15 is 0 Å². The Morgan fingerprint density at radius 3 is 2.86 bits per heavy atom. The molecule has 5 N–H and O–H groups in total. The second-order valence-corrected chi connectivity index (χ2v) is 3.12. The zero-order chi connectivity index (χ0) is 10.1. The number of H-pyrrole nitrogens is 2. The van der Waals surface area contributed by atoms with E-state index < -0.39 is 0 Å². The van der Waals surface area contributed by atoms with Gasteiger partial charge in [0.15, 0.2) is 0 Å². The minimum Gasteiger partial charge on any atom is -0.505 e. The molecule has 14 heavy (non-hydrogen) atoms. The molecular weight excluding hydrogens is 180 g/mol. The third kappa shape index (κ3) is 1.18. The van der Waals surface area contributed by atoms with E-state index in [9.17, 15) is 5.11 Å². The average Bonchev–Trinajstić information content (AvgIpc) is 2.74. The largest absolute Gasteiger partial charge is 0.505 e. The summed E-state index contributed by atoms with van der Waals surface area (Å²) < 4.78 is 0. The first-order chi connectivity index (χ1) is 6.74. The average molecular weight is 192 g/mol. The number of aryl methyl sites for hydroxylation is 1. The lowest BCUT2D eigenvalue weighted by atomic mass is 10.2. The molecule has 2 aromatic rings. The van der Waals surface area contributed by atoms with Crippen LogP contribution in [-0.2, 0) is 6.54 Å². The second-order valence-electron chi connectivity index (χ2n) is 3.12. The molecule has 0 saturated heterocycles. The number of hydrogen-bond acceptors (Lipinski definition) is 3. The molecule has 0 aliphatic carbocycles. The molecule has 74 valence electrons. The van der Waals surface area contributed by atoms with Gasteiger partial charge in [0.25, 0.3) is 0 Å². The maximum atomic E-state index is 9.82. The first-order valence-corrected chi connectivity index (χ1v) is 4.33. The Morgan fingerprint density at radius 2 is 2.36 bits per heavy atom. The predicted molar refractivity (Wildman–Crippen MR) is 52.7 cm³/mol. The van der Waals surface area contributed by atoms with Crippen molar-refractivity contribution in [3.8, 4) is 17.1 Å². The standard InChI is InChI=1S/C9H12N4O/c1-5-6(2-10)9(14)8(13-5)7-3-11-4-12-7/h3-4,13-14H,2,10H2,1H3,(H,11,12). The topological polar surface area (TPSA) is 90.7 Å². The van der Waals surface area contributed by atoms with E-state index in [1.165, 1.54) is 0 Å². The lowest BCUT2D eigenvalue weighted by Gasteiger charge is -1.95.